The molecule has 5 heteroatoms. The highest BCUT2D eigenvalue weighted by molar-refractivity contribution is 9.10. The Labute approximate surface area is 120 Å². The number of nitrogens with zero attached hydrogens (tertiary/aromatic N) is 3. The quantitative estimate of drug-likeness (QED) is 0.915. The van der Waals surface area contributed by atoms with Crippen molar-refractivity contribution in [3.05, 3.63) is 45.1 Å². The van der Waals surface area contributed by atoms with Crippen LogP contribution in [0.1, 0.15) is 22.4 Å². The minimum Gasteiger partial charge on any atom is -0.338 e. The van der Waals surface area contributed by atoms with Crippen LogP contribution in [0.3, 0.4) is 0 Å². The van der Waals surface area contributed by atoms with Crippen molar-refractivity contribution in [1.29, 1.82) is 5.26 Å². The van der Waals surface area contributed by atoms with Gasteiger partial charge in [0.25, 0.3) is 0 Å². The van der Waals surface area contributed by atoms with E-state index >= 15 is 0 Å². The zero-order valence-corrected chi connectivity index (χ0v) is 12.5. The van der Waals surface area contributed by atoms with Crippen LogP contribution in [0.2, 0.25) is 0 Å². The fourth-order valence-corrected chi connectivity index (χ4v) is 2.39. The molecule has 0 unspecified atom stereocenters. The molecular weight excluding hydrogens is 304 g/mol. The molecule has 4 nitrogen and oxygen atoms in total. The second-order valence-electron chi connectivity index (χ2n) is 4.39. The molecule has 0 bridgehead atoms. The molecule has 0 amide bonds. The van der Waals surface area contributed by atoms with Gasteiger partial charge in [-0.25, -0.2) is 0 Å². The Hall–Kier alpha value is -1.93. The molecular formula is C14H13BrN4. The predicted molar refractivity (Wildman–Crippen MR) is 78.4 cm³/mol. The highest BCUT2D eigenvalue weighted by Gasteiger charge is 2.11. The molecule has 2 aromatic rings. The van der Waals surface area contributed by atoms with Gasteiger partial charge in [0.05, 0.1) is 5.69 Å². The van der Waals surface area contributed by atoms with Gasteiger partial charge in [0, 0.05) is 10.2 Å². The van der Waals surface area contributed by atoms with Crippen molar-refractivity contribution < 1.29 is 0 Å². The number of rotatable bonds is 2. The fourth-order valence-electron chi connectivity index (χ4n) is 1.78. The fraction of sp³-hybridized carbons (Fsp3) is 0.214. The Kier molecular flexibility index (Phi) is 3.82. The zero-order valence-electron chi connectivity index (χ0n) is 11.0. The van der Waals surface area contributed by atoms with Gasteiger partial charge in [-0.3, -0.25) is 0 Å². The van der Waals surface area contributed by atoms with Gasteiger partial charge >= 0.3 is 0 Å². The summed E-state index contributed by atoms with van der Waals surface area (Å²) in [5, 5.41) is 20.5. The molecule has 1 aromatic heterocycles. The van der Waals surface area contributed by atoms with E-state index in [2.05, 4.69) is 37.5 Å². The average molecular weight is 317 g/mol. The lowest BCUT2D eigenvalue weighted by Gasteiger charge is -2.10. The molecule has 0 atom stereocenters. The second kappa shape index (κ2) is 5.37. The zero-order chi connectivity index (χ0) is 14.0. The number of benzene rings is 1. The summed E-state index contributed by atoms with van der Waals surface area (Å²) in [5.74, 6) is 0.489. The van der Waals surface area contributed by atoms with E-state index in [9.17, 15) is 5.26 Å². The van der Waals surface area contributed by atoms with Gasteiger partial charge in [-0.15, -0.1) is 5.10 Å². The van der Waals surface area contributed by atoms with Crippen LogP contribution in [0, 0.1) is 32.1 Å². The molecule has 1 aromatic carbocycles. The van der Waals surface area contributed by atoms with Gasteiger partial charge in [-0.1, -0.05) is 15.9 Å². The number of aryl methyl sites for hydroxylation is 2. The van der Waals surface area contributed by atoms with Crippen LogP contribution in [0.15, 0.2) is 22.7 Å². The molecule has 96 valence electrons. The van der Waals surface area contributed by atoms with Gasteiger partial charge in [0.2, 0.25) is 0 Å². The van der Waals surface area contributed by atoms with Gasteiger partial charge in [0.1, 0.15) is 11.6 Å². The van der Waals surface area contributed by atoms with E-state index in [1.165, 1.54) is 0 Å². The summed E-state index contributed by atoms with van der Waals surface area (Å²) in [6.45, 7) is 5.73. The molecule has 0 fully saturated rings. The molecule has 0 saturated heterocycles. The summed E-state index contributed by atoms with van der Waals surface area (Å²) in [4.78, 5) is 0. The summed E-state index contributed by atoms with van der Waals surface area (Å²) in [7, 11) is 0. The number of hydrogen-bond acceptors (Lipinski definition) is 4. The van der Waals surface area contributed by atoms with Crippen molar-refractivity contribution in [3.8, 4) is 6.07 Å². The third-order valence-corrected chi connectivity index (χ3v) is 3.33. The maximum absolute atomic E-state index is 9.24. The van der Waals surface area contributed by atoms with Crippen molar-refractivity contribution >= 4 is 27.4 Å². The van der Waals surface area contributed by atoms with E-state index in [0.717, 1.165) is 27.0 Å². The van der Waals surface area contributed by atoms with Crippen LogP contribution in [0.4, 0.5) is 11.5 Å². The van der Waals surface area contributed by atoms with Crippen LogP contribution in [-0.2, 0) is 0 Å². The smallest absolute Gasteiger partial charge is 0.171 e. The number of nitriles is 1. The molecule has 1 heterocycles. The molecule has 0 radical (unpaired) electrons. The van der Waals surface area contributed by atoms with E-state index < -0.39 is 0 Å². The first-order valence-electron chi connectivity index (χ1n) is 5.79. The molecule has 0 aliphatic carbocycles. The average Bonchev–Trinajstić information content (AvgIpc) is 2.33. The summed E-state index contributed by atoms with van der Waals surface area (Å²) in [6.07, 6.45) is 0. The van der Waals surface area contributed by atoms with Crippen LogP contribution in [0.25, 0.3) is 0 Å². The Morgan fingerprint density at radius 3 is 2.53 bits per heavy atom. The Balaban J connectivity index is 2.44. The van der Waals surface area contributed by atoms with E-state index in [1.54, 1.807) is 0 Å². The van der Waals surface area contributed by atoms with Crippen LogP contribution in [-0.4, -0.2) is 10.2 Å². The summed E-state index contributed by atoms with van der Waals surface area (Å²) >= 11 is 3.45. The largest absolute Gasteiger partial charge is 0.338 e. The van der Waals surface area contributed by atoms with Crippen molar-refractivity contribution in [1.82, 2.24) is 10.2 Å². The van der Waals surface area contributed by atoms with E-state index in [-0.39, 0.29) is 0 Å². The van der Waals surface area contributed by atoms with Gasteiger partial charge in [0.15, 0.2) is 5.82 Å². The van der Waals surface area contributed by atoms with Gasteiger partial charge in [-0.05, 0) is 50.1 Å². The first-order valence-corrected chi connectivity index (χ1v) is 6.58. The topological polar surface area (TPSA) is 61.6 Å². The Bertz CT molecular complexity index is 654. The number of anilines is 2. The monoisotopic (exact) mass is 316 g/mol. The summed E-state index contributed by atoms with van der Waals surface area (Å²) in [6, 6.07) is 8.12. The van der Waals surface area contributed by atoms with E-state index in [1.807, 2.05) is 39.0 Å². The number of nitrogens with one attached hydrogen (secondary N) is 1. The maximum atomic E-state index is 9.24. The minimum atomic E-state index is 0.489. The van der Waals surface area contributed by atoms with Crippen molar-refractivity contribution in [3.63, 3.8) is 0 Å². The molecule has 0 spiro atoms. The number of aromatic nitrogens is 2. The summed E-state index contributed by atoms with van der Waals surface area (Å²) in [5.41, 5.74) is 4.15. The van der Waals surface area contributed by atoms with Crippen molar-refractivity contribution in [2.24, 2.45) is 0 Å². The lowest BCUT2D eigenvalue weighted by atomic mass is 10.1. The molecule has 0 aliphatic heterocycles. The predicted octanol–water partition coefficient (Wildman–Crippen LogP) is 3.78. The number of halogens is 1. The molecule has 19 heavy (non-hydrogen) atoms. The lowest BCUT2D eigenvalue weighted by molar-refractivity contribution is 0.960. The van der Waals surface area contributed by atoms with E-state index in [4.69, 9.17) is 0 Å². The van der Waals surface area contributed by atoms with Gasteiger partial charge in [-0.2, -0.15) is 10.4 Å². The molecule has 2 rings (SSSR count). The lowest BCUT2D eigenvalue weighted by Crippen LogP contribution is -2.03. The van der Waals surface area contributed by atoms with Crippen LogP contribution in [0.5, 0.6) is 0 Å². The minimum absolute atomic E-state index is 0.489. The van der Waals surface area contributed by atoms with Crippen molar-refractivity contribution in [2.45, 2.75) is 20.8 Å². The highest BCUT2D eigenvalue weighted by Crippen LogP contribution is 2.24. The highest BCUT2D eigenvalue weighted by atomic mass is 79.9. The molecule has 1 N–H and O–H groups in total. The third kappa shape index (κ3) is 2.91. The second-order valence-corrected chi connectivity index (χ2v) is 5.30. The Morgan fingerprint density at radius 1 is 1.16 bits per heavy atom. The van der Waals surface area contributed by atoms with Crippen molar-refractivity contribution in [2.75, 3.05) is 5.32 Å². The normalized spacial score (nSPS) is 10.1. The van der Waals surface area contributed by atoms with Crippen LogP contribution >= 0.6 is 15.9 Å². The Morgan fingerprint density at radius 2 is 1.89 bits per heavy atom. The third-order valence-electron chi connectivity index (χ3n) is 2.87. The molecule has 0 aliphatic rings. The molecule has 0 saturated carbocycles. The first kappa shape index (κ1) is 13.5. The SMILES string of the molecule is Cc1cc(Br)cc(Nc2nnc(C)c(C)c2C#N)c1. The number of hydrogen-bond donors (Lipinski definition) is 1. The first-order chi connectivity index (χ1) is 9.01. The van der Waals surface area contributed by atoms with Gasteiger partial charge < -0.3 is 5.32 Å². The standard InChI is InChI=1S/C14H13BrN4/c1-8-4-11(15)6-12(5-8)17-14-13(7-16)9(2)10(3)18-19-14/h4-6H,1-3H3,(H,17,19). The maximum Gasteiger partial charge on any atom is 0.171 e. The summed E-state index contributed by atoms with van der Waals surface area (Å²) < 4.78 is 0.977. The van der Waals surface area contributed by atoms with Crippen LogP contribution < -0.4 is 5.32 Å². The van der Waals surface area contributed by atoms with E-state index in [0.29, 0.717) is 11.4 Å².